The van der Waals surface area contributed by atoms with Gasteiger partial charge in [-0.15, -0.1) is 0 Å². The summed E-state index contributed by atoms with van der Waals surface area (Å²) < 4.78 is 0.940. The molecular formula is C16H20BrN3O. The predicted octanol–water partition coefficient (Wildman–Crippen LogP) is 3.71. The Hall–Kier alpha value is -1.62. The minimum atomic E-state index is -0.310. The van der Waals surface area contributed by atoms with E-state index >= 15 is 0 Å². The van der Waals surface area contributed by atoms with Crippen LogP contribution in [-0.4, -0.2) is 23.0 Å². The molecule has 0 saturated heterocycles. The maximum Gasteiger partial charge on any atom is 0.242 e. The zero-order valence-corrected chi connectivity index (χ0v) is 14.1. The van der Waals surface area contributed by atoms with Crippen molar-refractivity contribution in [3.8, 4) is 0 Å². The number of rotatable bonds is 5. The standard InChI is InChI=1S/C16H20BrN3O/c1-4-10(2)19-16(21)11(3)20-14-7-5-6-12-8-13(17)9-18-15(12)14/h5-11,20H,4H2,1-3H3,(H,19,21). The molecule has 112 valence electrons. The molecule has 4 nitrogen and oxygen atoms in total. The third kappa shape index (κ3) is 3.94. The van der Waals surface area contributed by atoms with Crippen molar-refractivity contribution >= 4 is 38.4 Å². The Bertz CT molecular complexity index is 644. The molecule has 2 aromatic rings. The van der Waals surface area contributed by atoms with E-state index in [1.165, 1.54) is 0 Å². The number of halogens is 1. The minimum absolute atomic E-state index is 0.00142. The van der Waals surface area contributed by atoms with Gasteiger partial charge in [0.15, 0.2) is 0 Å². The van der Waals surface area contributed by atoms with Crippen LogP contribution in [0.15, 0.2) is 34.9 Å². The molecular weight excluding hydrogens is 330 g/mol. The molecule has 0 spiro atoms. The van der Waals surface area contributed by atoms with Gasteiger partial charge in [0.05, 0.1) is 11.2 Å². The van der Waals surface area contributed by atoms with E-state index in [2.05, 4.69) is 38.5 Å². The van der Waals surface area contributed by atoms with Gasteiger partial charge >= 0.3 is 0 Å². The molecule has 1 aromatic heterocycles. The first kappa shape index (κ1) is 15.8. The van der Waals surface area contributed by atoms with Crippen LogP contribution in [0.2, 0.25) is 0 Å². The largest absolute Gasteiger partial charge is 0.372 e. The number of hydrogen-bond acceptors (Lipinski definition) is 3. The van der Waals surface area contributed by atoms with Crippen molar-refractivity contribution in [2.24, 2.45) is 0 Å². The molecule has 1 amide bonds. The maximum absolute atomic E-state index is 12.1. The van der Waals surface area contributed by atoms with Crippen LogP contribution in [0.25, 0.3) is 10.9 Å². The van der Waals surface area contributed by atoms with E-state index < -0.39 is 0 Å². The molecule has 2 N–H and O–H groups in total. The molecule has 2 rings (SSSR count). The highest BCUT2D eigenvalue weighted by molar-refractivity contribution is 9.10. The summed E-state index contributed by atoms with van der Waals surface area (Å²) in [6.45, 7) is 5.91. The fourth-order valence-corrected chi connectivity index (χ4v) is 2.37. The molecule has 2 unspecified atom stereocenters. The van der Waals surface area contributed by atoms with Crippen LogP contribution in [-0.2, 0) is 4.79 Å². The second-order valence-corrected chi connectivity index (χ2v) is 6.13. The number of amides is 1. The first-order valence-corrected chi connectivity index (χ1v) is 7.91. The monoisotopic (exact) mass is 349 g/mol. The van der Waals surface area contributed by atoms with E-state index in [9.17, 15) is 4.79 Å². The lowest BCUT2D eigenvalue weighted by Crippen LogP contribution is -2.41. The molecule has 0 aliphatic rings. The van der Waals surface area contributed by atoms with Crippen molar-refractivity contribution in [2.75, 3.05) is 5.32 Å². The molecule has 0 aliphatic heterocycles. The lowest BCUT2D eigenvalue weighted by atomic mass is 10.1. The van der Waals surface area contributed by atoms with Gasteiger partial charge in [-0.3, -0.25) is 9.78 Å². The number of hydrogen-bond donors (Lipinski definition) is 2. The summed E-state index contributed by atoms with van der Waals surface area (Å²) in [7, 11) is 0. The van der Waals surface area contributed by atoms with Crippen molar-refractivity contribution < 1.29 is 4.79 Å². The predicted molar refractivity (Wildman–Crippen MR) is 90.4 cm³/mol. The molecule has 0 radical (unpaired) electrons. The molecule has 0 saturated carbocycles. The van der Waals surface area contributed by atoms with Gasteiger partial charge in [-0.05, 0) is 48.3 Å². The van der Waals surface area contributed by atoms with Gasteiger partial charge in [-0.25, -0.2) is 0 Å². The molecule has 0 bridgehead atoms. The van der Waals surface area contributed by atoms with E-state index in [4.69, 9.17) is 0 Å². The number of fused-ring (bicyclic) bond motifs is 1. The lowest BCUT2D eigenvalue weighted by molar-refractivity contribution is -0.122. The highest BCUT2D eigenvalue weighted by Crippen LogP contribution is 2.24. The zero-order valence-electron chi connectivity index (χ0n) is 12.5. The third-order valence-electron chi connectivity index (χ3n) is 3.44. The summed E-state index contributed by atoms with van der Waals surface area (Å²) in [4.78, 5) is 16.5. The number of carbonyl (C=O) groups is 1. The Morgan fingerprint density at radius 1 is 1.38 bits per heavy atom. The number of carbonyl (C=O) groups excluding carboxylic acids is 1. The van der Waals surface area contributed by atoms with Crippen molar-refractivity contribution in [2.45, 2.75) is 39.3 Å². The second-order valence-electron chi connectivity index (χ2n) is 5.21. The molecule has 21 heavy (non-hydrogen) atoms. The van der Waals surface area contributed by atoms with Gasteiger partial charge in [0.2, 0.25) is 5.91 Å². The smallest absolute Gasteiger partial charge is 0.242 e. The first-order valence-electron chi connectivity index (χ1n) is 7.12. The SMILES string of the molecule is CCC(C)NC(=O)C(C)Nc1cccc2cc(Br)cnc12. The van der Waals surface area contributed by atoms with Gasteiger partial charge in [-0.1, -0.05) is 19.1 Å². The Labute approximate surface area is 133 Å². The number of nitrogens with one attached hydrogen (secondary N) is 2. The summed E-state index contributed by atoms with van der Waals surface area (Å²) >= 11 is 3.42. The molecule has 1 aromatic carbocycles. The third-order valence-corrected chi connectivity index (χ3v) is 3.88. The molecule has 5 heteroatoms. The average molecular weight is 350 g/mol. The van der Waals surface area contributed by atoms with E-state index in [0.29, 0.717) is 0 Å². The summed E-state index contributed by atoms with van der Waals surface area (Å²) in [5, 5.41) is 7.25. The van der Waals surface area contributed by atoms with Crippen LogP contribution in [0.3, 0.4) is 0 Å². The number of anilines is 1. The Morgan fingerprint density at radius 2 is 2.14 bits per heavy atom. The summed E-state index contributed by atoms with van der Waals surface area (Å²) in [6, 6.07) is 7.78. The number of nitrogens with zero attached hydrogens (tertiary/aromatic N) is 1. The van der Waals surface area contributed by atoms with Gasteiger partial charge < -0.3 is 10.6 Å². The maximum atomic E-state index is 12.1. The average Bonchev–Trinajstić information content (AvgIpc) is 2.46. The fraction of sp³-hybridized carbons (Fsp3) is 0.375. The van der Waals surface area contributed by atoms with E-state index in [-0.39, 0.29) is 18.0 Å². The molecule has 0 fully saturated rings. The van der Waals surface area contributed by atoms with Crippen molar-refractivity contribution in [1.82, 2.24) is 10.3 Å². The van der Waals surface area contributed by atoms with E-state index in [0.717, 1.165) is 27.5 Å². The van der Waals surface area contributed by atoms with Crippen LogP contribution in [0.1, 0.15) is 27.2 Å². The molecule has 0 aliphatic carbocycles. The fourth-order valence-electron chi connectivity index (χ4n) is 2.02. The highest BCUT2D eigenvalue weighted by Gasteiger charge is 2.15. The Kier molecular flexibility index (Phi) is 5.17. The van der Waals surface area contributed by atoms with Crippen molar-refractivity contribution in [1.29, 1.82) is 0 Å². The topological polar surface area (TPSA) is 54.0 Å². The van der Waals surface area contributed by atoms with Crippen molar-refractivity contribution in [3.63, 3.8) is 0 Å². The summed E-state index contributed by atoms with van der Waals surface area (Å²) in [6.07, 6.45) is 2.68. The number of benzene rings is 1. The van der Waals surface area contributed by atoms with Crippen LogP contribution in [0.4, 0.5) is 5.69 Å². The molecule has 2 atom stereocenters. The quantitative estimate of drug-likeness (QED) is 0.864. The normalized spacial score (nSPS) is 13.7. The second kappa shape index (κ2) is 6.89. The van der Waals surface area contributed by atoms with E-state index in [1.807, 2.05) is 38.1 Å². The zero-order chi connectivity index (χ0) is 15.4. The Morgan fingerprint density at radius 3 is 2.86 bits per heavy atom. The van der Waals surface area contributed by atoms with Crippen molar-refractivity contribution in [3.05, 3.63) is 34.9 Å². The first-order chi connectivity index (χ1) is 10.0. The number of aromatic nitrogens is 1. The highest BCUT2D eigenvalue weighted by atomic mass is 79.9. The van der Waals surface area contributed by atoms with Gasteiger partial charge in [0.1, 0.15) is 6.04 Å². The number of pyridine rings is 1. The van der Waals surface area contributed by atoms with Gasteiger partial charge in [-0.2, -0.15) is 0 Å². The minimum Gasteiger partial charge on any atom is -0.372 e. The van der Waals surface area contributed by atoms with Crippen LogP contribution < -0.4 is 10.6 Å². The van der Waals surface area contributed by atoms with Gasteiger partial charge in [0.25, 0.3) is 0 Å². The van der Waals surface area contributed by atoms with Crippen LogP contribution in [0, 0.1) is 0 Å². The van der Waals surface area contributed by atoms with E-state index in [1.54, 1.807) is 6.20 Å². The van der Waals surface area contributed by atoms with Crippen LogP contribution in [0.5, 0.6) is 0 Å². The summed E-state index contributed by atoms with van der Waals surface area (Å²) in [5.74, 6) is -0.00142. The Balaban J connectivity index is 2.18. The van der Waals surface area contributed by atoms with Crippen LogP contribution >= 0.6 is 15.9 Å². The summed E-state index contributed by atoms with van der Waals surface area (Å²) in [5.41, 5.74) is 1.73. The lowest BCUT2D eigenvalue weighted by Gasteiger charge is -2.19. The molecule has 1 heterocycles. The van der Waals surface area contributed by atoms with Gasteiger partial charge in [0, 0.05) is 22.1 Å². The number of para-hydroxylation sites is 1.